The largest absolute Gasteiger partial charge is 0.303 e. The molecule has 102 valence electrons. The van der Waals surface area contributed by atoms with Crippen LogP contribution in [0.25, 0.3) is 0 Å². The molecule has 18 heavy (non-hydrogen) atoms. The Morgan fingerprint density at radius 3 is 2.50 bits per heavy atom. The van der Waals surface area contributed by atoms with Crippen molar-refractivity contribution < 1.29 is 0 Å². The molecule has 0 radical (unpaired) electrons. The van der Waals surface area contributed by atoms with Crippen molar-refractivity contribution in [1.82, 2.24) is 10.2 Å². The maximum atomic E-state index is 9.31. The van der Waals surface area contributed by atoms with Crippen LogP contribution in [0.4, 0.5) is 0 Å². The number of nitriles is 1. The SMILES string of the molecule is CN(CCCC(C)(C#N)NC1CC1)C1CCCC1. The lowest BCUT2D eigenvalue weighted by molar-refractivity contribution is 0.232. The number of nitrogens with one attached hydrogen (secondary N) is 1. The van der Waals surface area contributed by atoms with Crippen LogP contribution in [-0.4, -0.2) is 36.1 Å². The van der Waals surface area contributed by atoms with Crippen molar-refractivity contribution in [1.29, 1.82) is 5.26 Å². The van der Waals surface area contributed by atoms with E-state index in [0.29, 0.717) is 6.04 Å². The molecule has 3 nitrogen and oxygen atoms in total. The van der Waals surface area contributed by atoms with Gasteiger partial charge < -0.3 is 4.90 Å². The highest BCUT2D eigenvalue weighted by atomic mass is 15.1. The maximum Gasteiger partial charge on any atom is 0.104 e. The van der Waals surface area contributed by atoms with E-state index < -0.39 is 0 Å². The second-order valence-electron chi connectivity index (χ2n) is 6.38. The fraction of sp³-hybridized carbons (Fsp3) is 0.933. The van der Waals surface area contributed by atoms with Crippen LogP contribution in [0, 0.1) is 11.3 Å². The zero-order valence-electron chi connectivity index (χ0n) is 11.9. The molecule has 2 saturated carbocycles. The van der Waals surface area contributed by atoms with E-state index >= 15 is 0 Å². The summed E-state index contributed by atoms with van der Waals surface area (Å²) in [6.45, 7) is 3.19. The number of nitrogens with zero attached hydrogens (tertiary/aromatic N) is 2. The summed E-state index contributed by atoms with van der Waals surface area (Å²) >= 11 is 0. The minimum Gasteiger partial charge on any atom is -0.303 e. The van der Waals surface area contributed by atoms with Gasteiger partial charge in [0.25, 0.3) is 0 Å². The minimum atomic E-state index is -0.308. The van der Waals surface area contributed by atoms with Crippen LogP contribution in [0.15, 0.2) is 0 Å². The van der Waals surface area contributed by atoms with Crippen molar-refractivity contribution in [2.45, 2.75) is 75.9 Å². The average molecular weight is 249 g/mol. The third-order valence-electron chi connectivity index (χ3n) is 4.48. The molecule has 2 fully saturated rings. The van der Waals surface area contributed by atoms with Crippen LogP contribution >= 0.6 is 0 Å². The molecule has 3 heteroatoms. The Bertz CT molecular complexity index is 299. The first kappa shape index (κ1) is 13.8. The summed E-state index contributed by atoms with van der Waals surface area (Å²) in [5.74, 6) is 0. The van der Waals surface area contributed by atoms with Crippen LogP contribution in [-0.2, 0) is 0 Å². The number of hydrogen-bond donors (Lipinski definition) is 1. The van der Waals surface area contributed by atoms with Crippen molar-refractivity contribution >= 4 is 0 Å². The molecule has 0 saturated heterocycles. The lowest BCUT2D eigenvalue weighted by Crippen LogP contribution is -2.43. The lowest BCUT2D eigenvalue weighted by Gasteiger charge is -2.27. The highest BCUT2D eigenvalue weighted by Gasteiger charge is 2.32. The van der Waals surface area contributed by atoms with E-state index in [4.69, 9.17) is 0 Å². The highest BCUT2D eigenvalue weighted by Crippen LogP contribution is 2.25. The van der Waals surface area contributed by atoms with Crippen molar-refractivity contribution in [2.75, 3.05) is 13.6 Å². The van der Waals surface area contributed by atoms with Crippen molar-refractivity contribution in [2.24, 2.45) is 0 Å². The Balaban J connectivity index is 1.67. The van der Waals surface area contributed by atoms with Gasteiger partial charge in [0.2, 0.25) is 0 Å². The first-order chi connectivity index (χ1) is 8.63. The van der Waals surface area contributed by atoms with Gasteiger partial charge >= 0.3 is 0 Å². The zero-order chi connectivity index (χ0) is 13.0. The third kappa shape index (κ3) is 3.96. The summed E-state index contributed by atoms with van der Waals surface area (Å²) in [4.78, 5) is 2.50. The van der Waals surface area contributed by atoms with Gasteiger partial charge in [0, 0.05) is 12.1 Å². The van der Waals surface area contributed by atoms with Gasteiger partial charge in [-0.05, 0) is 59.0 Å². The van der Waals surface area contributed by atoms with Crippen molar-refractivity contribution in [3.8, 4) is 6.07 Å². The summed E-state index contributed by atoms with van der Waals surface area (Å²) in [5, 5.41) is 12.8. The van der Waals surface area contributed by atoms with Gasteiger partial charge in [0.15, 0.2) is 0 Å². The Hall–Kier alpha value is -0.590. The van der Waals surface area contributed by atoms with E-state index in [1.807, 2.05) is 0 Å². The summed E-state index contributed by atoms with van der Waals surface area (Å²) in [5.41, 5.74) is -0.308. The first-order valence-electron chi connectivity index (χ1n) is 7.52. The average Bonchev–Trinajstić information content (AvgIpc) is 2.99. The summed E-state index contributed by atoms with van der Waals surface area (Å²) < 4.78 is 0. The van der Waals surface area contributed by atoms with Gasteiger partial charge in [0.05, 0.1) is 6.07 Å². The molecule has 2 rings (SSSR count). The van der Waals surface area contributed by atoms with E-state index in [9.17, 15) is 5.26 Å². The molecule has 1 atom stereocenters. The predicted octanol–water partition coefficient (Wildman–Crippen LogP) is 2.68. The number of hydrogen-bond acceptors (Lipinski definition) is 3. The van der Waals surface area contributed by atoms with Crippen LogP contribution in [0.2, 0.25) is 0 Å². The lowest BCUT2D eigenvalue weighted by atomic mass is 9.97. The molecule has 0 aliphatic heterocycles. The summed E-state index contributed by atoms with van der Waals surface area (Å²) in [7, 11) is 2.24. The number of rotatable bonds is 7. The fourth-order valence-corrected chi connectivity index (χ4v) is 3.05. The second-order valence-corrected chi connectivity index (χ2v) is 6.38. The Morgan fingerprint density at radius 1 is 1.28 bits per heavy atom. The molecule has 0 heterocycles. The molecule has 0 aromatic heterocycles. The Morgan fingerprint density at radius 2 is 1.94 bits per heavy atom. The van der Waals surface area contributed by atoms with Crippen LogP contribution in [0.1, 0.15) is 58.3 Å². The molecule has 2 aliphatic carbocycles. The van der Waals surface area contributed by atoms with E-state index in [0.717, 1.165) is 25.4 Å². The molecule has 1 unspecified atom stereocenters. The normalized spacial score (nSPS) is 24.1. The molecular formula is C15H27N3. The minimum absolute atomic E-state index is 0.308. The molecule has 0 aromatic rings. The van der Waals surface area contributed by atoms with E-state index in [-0.39, 0.29) is 5.54 Å². The summed E-state index contributed by atoms with van der Waals surface area (Å²) in [6.07, 6.45) is 10.1. The monoisotopic (exact) mass is 249 g/mol. The second kappa shape index (κ2) is 6.04. The standard InChI is InChI=1S/C15H27N3/c1-15(12-16,17-13-8-9-13)10-5-11-18(2)14-6-3-4-7-14/h13-14,17H,3-11H2,1-2H3. The van der Waals surface area contributed by atoms with Gasteiger partial charge in [-0.15, -0.1) is 0 Å². The zero-order valence-corrected chi connectivity index (χ0v) is 11.9. The Kier molecular flexibility index (Phi) is 4.64. The van der Waals surface area contributed by atoms with Gasteiger partial charge in [-0.2, -0.15) is 5.26 Å². The van der Waals surface area contributed by atoms with E-state index in [2.05, 4.69) is 30.3 Å². The van der Waals surface area contributed by atoms with Gasteiger partial charge in [-0.3, -0.25) is 5.32 Å². The third-order valence-corrected chi connectivity index (χ3v) is 4.48. The van der Waals surface area contributed by atoms with E-state index in [1.165, 1.54) is 38.5 Å². The van der Waals surface area contributed by atoms with Crippen molar-refractivity contribution in [3.63, 3.8) is 0 Å². The molecular weight excluding hydrogens is 222 g/mol. The van der Waals surface area contributed by atoms with Crippen LogP contribution in [0.5, 0.6) is 0 Å². The Labute approximate surface area is 112 Å². The predicted molar refractivity (Wildman–Crippen MR) is 74.3 cm³/mol. The fourth-order valence-electron chi connectivity index (χ4n) is 3.05. The highest BCUT2D eigenvalue weighted by molar-refractivity contribution is 5.07. The molecule has 0 spiro atoms. The molecule has 0 amide bonds. The van der Waals surface area contributed by atoms with Gasteiger partial charge in [-0.1, -0.05) is 12.8 Å². The molecule has 0 aromatic carbocycles. The first-order valence-corrected chi connectivity index (χ1v) is 7.52. The maximum absolute atomic E-state index is 9.31. The van der Waals surface area contributed by atoms with Crippen molar-refractivity contribution in [3.05, 3.63) is 0 Å². The molecule has 0 bridgehead atoms. The van der Waals surface area contributed by atoms with Gasteiger partial charge in [0.1, 0.15) is 5.54 Å². The van der Waals surface area contributed by atoms with E-state index in [1.54, 1.807) is 0 Å². The molecule has 1 N–H and O–H groups in total. The quantitative estimate of drug-likeness (QED) is 0.754. The van der Waals surface area contributed by atoms with Gasteiger partial charge in [-0.25, -0.2) is 0 Å². The van der Waals surface area contributed by atoms with Crippen LogP contribution in [0.3, 0.4) is 0 Å². The summed E-state index contributed by atoms with van der Waals surface area (Å²) in [6, 6.07) is 3.88. The topological polar surface area (TPSA) is 39.1 Å². The smallest absolute Gasteiger partial charge is 0.104 e. The van der Waals surface area contributed by atoms with Crippen LogP contribution < -0.4 is 5.32 Å². The molecule has 2 aliphatic rings.